The van der Waals surface area contributed by atoms with Crippen molar-refractivity contribution in [2.45, 2.75) is 26.3 Å². The number of carbonyl (C=O) groups is 2. The first-order chi connectivity index (χ1) is 8.69. The van der Waals surface area contributed by atoms with Gasteiger partial charge in [-0.25, -0.2) is 4.79 Å². The molecule has 0 spiro atoms. The molecule has 0 heterocycles. The maximum absolute atomic E-state index is 11.9. The molecule has 0 saturated carbocycles. The van der Waals surface area contributed by atoms with Crippen molar-refractivity contribution in [1.82, 2.24) is 5.32 Å². The van der Waals surface area contributed by atoms with Gasteiger partial charge < -0.3 is 10.4 Å². The van der Waals surface area contributed by atoms with Crippen LogP contribution in [0.25, 0.3) is 6.08 Å². The monoisotopic (exact) mass is 281 g/mol. The summed E-state index contributed by atoms with van der Waals surface area (Å²) in [6, 6.07) is 4.73. The van der Waals surface area contributed by atoms with E-state index in [2.05, 4.69) is 5.32 Å². The Balaban J connectivity index is 2.94. The number of halogens is 1. The predicted octanol–water partition coefficient (Wildman–Crippen LogP) is 2.97. The van der Waals surface area contributed by atoms with Gasteiger partial charge in [-0.3, -0.25) is 4.79 Å². The van der Waals surface area contributed by atoms with Gasteiger partial charge in [-0.15, -0.1) is 0 Å². The Hall–Kier alpha value is -1.81. The van der Waals surface area contributed by atoms with E-state index in [9.17, 15) is 9.59 Å². The molecule has 19 heavy (non-hydrogen) atoms. The molecule has 0 bridgehead atoms. The lowest BCUT2D eigenvalue weighted by Crippen LogP contribution is -2.40. The molecule has 1 aromatic carbocycles. The van der Waals surface area contributed by atoms with Crippen LogP contribution >= 0.6 is 11.6 Å². The van der Waals surface area contributed by atoms with Gasteiger partial charge in [0, 0.05) is 22.2 Å². The summed E-state index contributed by atoms with van der Waals surface area (Å²) < 4.78 is 0. The van der Waals surface area contributed by atoms with Crippen molar-refractivity contribution < 1.29 is 14.7 Å². The molecule has 0 radical (unpaired) electrons. The Labute approximate surface area is 117 Å². The number of hydrogen-bond donors (Lipinski definition) is 2. The minimum Gasteiger partial charge on any atom is -0.478 e. The minimum absolute atomic E-state index is 0.219. The number of aliphatic carboxylic acids is 1. The third-order valence-corrected chi connectivity index (χ3v) is 2.48. The van der Waals surface area contributed by atoms with Gasteiger partial charge in [0.25, 0.3) is 5.91 Å². The number of benzene rings is 1. The van der Waals surface area contributed by atoms with Crippen LogP contribution in [-0.2, 0) is 4.79 Å². The first kappa shape index (κ1) is 15.2. The van der Waals surface area contributed by atoms with Crippen LogP contribution < -0.4 is 5.32 Å². The zero-order valence-corrected chi connectivity index (χ0v) is 11.8. The summed E-state index contributed by atoms with van der Waals surface area (Å²) in [5.41, 5.74) is 0.662. The molecule has 0 atom stereocenters. The van der Waals surface area contributed by atoms with Gasteiger partial charge in [0.2, 0.25) is 0 Å². The van der Waals surface area contributed by atoms with Crippen molar-refractivity contribution in [2.75, 3.05) is 0 Å². The summed E-state index contributed by atoms with van der Waals surface area (Å²) in [4.78, 5) is 22.3. The molecule has 102 valence electrons. The number of nitrogens with one attached hydrogen (secondary N) is 1. The third-order valence-electron chi connectivity index (χ3n) is 2.16. The summed E-state index contributed by atoms with van der Waals surface area (Å²) >= 11 is 6.00. The number of carboxylic acids is 1. The van der Waals surface area contributed by atoms with E-state index >= 15 is 0 Å². The number of carbonyl (C=O) groups excluding carboxylic acids is 1. The van der Waals surface area contributed by atoms with E-state index in [4.69, 9.17) is 16.7 Å². The molecule has 4 nitrogen and oxygen atoms in total. The fourth-order valence-electron chi connectivity index (χ4n) is 1.38. The second-order valence-electron chi connectivity index (χ2n) is 5.11. The quantitative estimate of drug-likeness (QED) is 0.837. The third kappa shape index (κ3) is 5.14. The molecule has 1 amide bonds. The van der Waals surface area contributed by atoms with Gasteiger partial charge in [0.05, 0.1) is 0 Å². The lowest BCUT2D eigenvalue weighted by atomic mass is 10.1. The zero-order chi connectivity index (χ0) is 14.6. The van der Waals surface area contributed by atoms with Gasteiger partial charge >= 0.3 is 5.97 Å². The molecule has 2 N–H and O–H groups in total. The van der Waals surface area contributed by atoms with Crippen molar-refractivity contribution >= 4 is 29.6 Å². The average Bonchev–Trinajstić information content (AvgIpc) is 2.24. The van der Waals surface area contributed by atoms with E-state index in [1.54, 1.807) is 12.1 Å². The van der Waals surface area contributed by atoms with E-state index in [1.165, 1.54) is 12.1 Å². The molecule has 0 aliphatic heterocycles. The van der Waals surface area contributed by atoms with Crippen LogP contribution in [0.1, 0.15) is 36.7 Å². The second-order valence-corrected chi connectivity index (χ2v) is 5.52. The number of rotatable bonds is 3. The lowest BCUT2D eigenvalue weighted by Gasteiger charge is -2.20. The van der Waals surface area contributed by atoms with Crippen molar-refractivity contribution in [3.63, 3.8) is 0 Å². The van der Waals surface area contributed by atoms with Crippen LogP contribution in [0.3, 0.4) is 0 Å². The van der Waals surface area contributed by atoms with Crippen molar-refractivity contribution in [2.24, 2.45) is 0 Å². The van der Waals surface area contributed by atoms with Crippen LogP contribution in [0.5, 0.6) is 0 Å². The van der Waals surface area contributed by atoms with E-state index < -0.39 is 5.97 Å². The molecule has 0 unspecified atom stereocenters. The highest BCUT2D eigenvalue weighted by Crippen LogP contribution is 2.19. The molecule has 1 rings (SSSR count). The van der Waals surface area contributed by atoms with Crippen LogP contribution in [0.2, 0.25) is 5.02 Å². The number of carboxylic acid groups (broad SMARTS) is 1. The van der Waals surface area contributed by atoms with Crippen LogP contribution in [0.15, 0.2) is 24.3 Å². The van der Waals surface area contributed by atoms with Gasteiger partial charge in [0.1, 0.15) is 0 Å². The van der Waals surface area contributed by atoms with Gasteiger partial charge in [-0.2, -0.15) is 0 Å². The fraction of sp³-hybridized carbons (Fsp3) is 0.286. The van der Waals surface area contributed by atoms with Gasteiger partial charge in [0.15, 0.2) is 0 Å². The number of hydrogen-bond acceptors (Lipinski definition) is 2. The van der Waals surface area contributed by atoms with Crippen molar-refractivity contribution in [3.05, 3.63) is 40.4 Å². The Kier molecular flexibility index (Phi) is 4.72. The smallest absolute Gasteiger partial charge is 0.328 e. The van der Waals surface area contributed by atoms with Crippen LogP contribution in [0, 0.1) is 0 Å². The highest BCUT2D eigenvalue weighted by Gasteiger charge is 2.15. The molecular formula is C14H16ClNO3. The Morgan fingerprint density at radius 2 is 1.95 bits per heavy atom. The normalized spacial score (nSPS) is 11.6. The standard InChI is InChI=1S/C14H16ClNO3/c1-14(2,3)16-13(19)10-5-4-9(11(15)8-10)6-7-12(17)18/h4-8H,1-3H3,(H,16,19)(H,17,18)/b7-6+. The maximum Gasteiger partial charge on any atom is 0.328 e. The topological polar surface area (TPSA) is 66.4 Å². The van der Waals surface area contributed by atoms with E-state index in [0.717, 1.165) is 6.08 Å². The summed E-state index contributed by atoms with van der Waals surface area (Å²) in [6.45, 7) is 5.66. The van der Waals surface area contributed by atoms with Crippen LogP contribution in [-0.4, -0.2) is 22.5 Å². The Morgan fingerprint density at radius 3 is 2.42 bits per heavy atom. The summed E-state index contributed by atoms with van der Waals surface area (Å²) in [5.74, 6) is -1.27. The SMILES string of the molecule is CC(C)(C)NC(=O)c1ccc(/C=C/C(=O)O)c(Cl)c1. The molecule has 5 heteroatoms. The largest absolute Gasteiger partial charge is 0.478 e. The van der Waals surface area contributed by atoms with Crippen LogP contribution in [0.4, 0.5) is 0 Å². The fourth-order valence-corrected chi connectivity index (χ4v) is 1.62. The molecule has 0 aliphatic rings. The Bertz CT molecular complexity index is 530. The van der Waals surface area contributed by atoms with E-state index in [1.807, 2.05) is 20.8 Å². The zero-order valence-electron chi connectivity index (χ0n) is 11.0. The molecule has 0 saturated heterocycles. The van der Waals surface area contributed by atoms with Gasteiger partial charge in [-0.1, -0.05) is 17.7 Å². The molecular weight excluding hydrogens is 266 g/mol. The molecule has 1 aromatic rings. The first-order valence-corrected chi connectivity index (χ1v) is 6.10. The Morgan fingerprint density at radius 1 is 1.32 bits per heavy atom. The highest BCUT2D eigenvalue weighted by atomic mass is 35.5. The van der Waals surface area contributed by atoms with Crippen molar-refractivity contribution in [3.8, 4) is 0 Å². The summed E-state index contributed by atoms with van der Waals surface area (Å²) in [7, 11) is 0. The summed E-state index contributed by atoms with van der Waals surface area (Å²) in [5, 5.41) is 11.7. The lowest BCUT2D eigenvalue weighted by molar-refractivity contribution is -0.131. The molecule has 0 fully saturated rings. The second kappa shape index (κ2) is 5.89. The average molecular weight is 282 g/mol. The maximum atomic E-state index is 11.9. The summed E-state index contributed by atoms with van der Waals surface area (Å²) in [6.07, 6.45) is 2.38. The van der Waals surface area contributed by atoms with E-state index in [0.29, 0.717) is 16.1 Å². The van der Waals surface area contributed by atoms with E-state index in [-0.39, 0.29) is 11.4 Å². The number of amides is 1. The molecule has 0 aliphatic carbocycles. The van der Waals surface area contributed by atoms with Crippen molar-refractivity contribution in [1.29, 1.82) is 0 Å². The van der Waals surface area contributed by atoms with Gasteiger partial charge in [-0.05, 0) is 44.5 Å². The predicted molar refractivity (Wildman–Crippen MR) is 75.3 cm³/mol. The minimum atomic E-state index is -1.05. The first-order valence-electron chi connectivity index (χ1n) is 5.72. The highest BCUT2D eigenvalue weighted by molar-refractivity contribution is 6.32. The molecule has 0 aromatic heterocycles.